The molecular formula is C12H24N2O2S. The number of amides is 1. The van der Waals surface area contributed by atoms with Crippen LogP contribution >= 0.6 is 11.8 Å². The second-order valence-corrected chi connectivity index (χ2v) is 5.24. The van der Waals surface area contributed by atoms with Crippen LogP contribution in [0.4, 0.5) is 0 Å². The molecule has 0 radical (unpaired) electrons. The summed E-state index contributed by atoms with van der Waals surface area (Å²) in [6.45, 7) is 5.46. The van der Waals surface area contributed by atoms with Crippen LogP contribution in [-0.2, 0) is 9.53 Å². The van der Waals surface area contributed by atoms with Crippen LogP contribution in [0, 0.1) is 0 Å². The largest absolute Gasteiger partial charge is 0.377 e. The molecular weight excluding hydrogens is 236 g/mol. The molecule has 17 heavy (non-hydrogen) atoms. The van der Waals surface area contributed by atoms with Gasteiger partial charge in [-0.25, -0.2) is 0 Å². The topological polar surface area (TPSA) is 50.4 Å². The molecule has 0 saturated carbocycles. The predicted molar refractivity (Wildman–Crippen MR) is 72.5 cm³/mol. The Morgan fingerprint density at radius 2 is 2.29 bits per heavy atom. The highest BCUT2D eigenvalue weighted by Gasteiger charge is 2.14. The second-order valence-electron chi connectivity index (χ2n) is 4.21. The fourth-order valence-electron chi connectivity index (χ4n) is 1.74. The van der Waals surface area contributed by atoms with Crippen molar-refractivity contribution in [3.63, 3.8) is 0 Å². The molecule has 2 N–H and O–H groups in total. The van der Waals surface area contributed by atoms with Gasteiger partial charge in [-0.1, -0.05) is 6.92 Å². The van der Waals surface area contributed by atoms with E-state index in [9.17, 15) is 4.79 Å². The monoisotopic (exact) mass is 260 g/mol. The van der Waals surface area contributed by atoms with Crippen LogP contribution in [0.3, 0.4) is 0 Å². The molecule has 1 aliphatic heterocycles. The lowest BCUT2D eigenvalue weighted by molar-refractivity contribution is -0.118. The fourth-order valence-corrected chi connectivity index (χ4v) is 2.67. The average molecular weight is 260 g/mol. The number of ether oxygens (including phenoxy) is 1. The molecule has 0 aromatic heterocycles. The molecule has 1 fully saturated rings. The van der Waals surface area contributed by atoms with E-state index >= 15 is 0 Å². The zero-order valence-corrected chi connectivity index (χ0v) is 11.5. The normalized spacial score (nSPS) is 20.2. The van der Waals surface area contributed by atoms with Crippen molar-refractivity contribution in [2.24, 2.45) is 0 Å². The van der Waals surface area contributed by atoms with Gasteiger partial charge in [0.2, 0.25) is 5.91 Å². The summed E-state index contributed by atoms with van der Waals surface area (Å²) in [6, 6.07) is 0. The van der Waals surface area contributed by atoms with Gasteiger partial charge in [0.15, 0.2) is 0 Å². The third-order valence-electron chi connectivity index (χ3n) is 2.68. The van der Waals surface area contributed by atoms with Gasteiger partial charge in [-0.15, -0.1) is 11.8 Å². The first-order valence-electron chi connectivity index (χ1n) is 6.49. The number of hydrogen-bond donors (Lipinski definition) is 2. The Labute approximate surface area is 108 Å². The van der Waals surface area contributed by atoms with Gasteiger partial charge < -0.3 is 15.4 Å². The van der Waals surface area contributed by atoms with Gasteiger partial charge in [-0.05, 0) is 25.8 Å². The quantitative estimate of drug-likeness (QED) is 0.640. The summed E-state index contributed by atoms with van der Waals surface area (Å²) in [7, 11) is 0. The van der Waals surface area contributed by atoms with Crippen molar-refractivity contribution >= 4 is 17.7 Å². The Bertz CT molecular complexity index is 209. The van der Waals surface area contributed by atoms with E-state index in [0.717, 1.165) is 31.9 Å². The van der Waals surface area contributed by atoms with Crippen LogP contribution in [0.2, 0.25) is 0 Å². The first-order chi connectivity index (χ1) is 8.33. The fraction of sp³-hybridized carbons (Fsp3) is 0.917. The lowest BCUT2D eigenvalue weighted by atomic mass is 10.1. The minimum Gasteiger partial charge on any atom is -0.377 e. The highest BCUT2D eigenvalue weighted by molar-refractivity contribution is 7.99. The summed E-state index contributed by atoms with van der Waals surface area (Å²) in [5.74, 6) is 1.62. The summed E-state index contributed by atoms with van der Waals surface area (Å²) in [5, 5.41) is 6.06. The maximum Gasteiger partial charge on any atom is 0.230 e. The Balaban J connectivity index is 1.92. The molecule has 1 heterocycles. The summed E-state index contributed by atoms with van der Waals surface area (Å²) < 4.78 is 5.61. The minimum atomic E-state index is 0.128. The van der Waals surface area contributed by atoms with E-state index in [1.165, 1.54) is 12.8 Å². The van der Waals surface area contributed by atoms with Crippen LogP contribution in [0.25, 0.3) is 0 Å². The zero-order chi connectivity index (χ0) is 12.3. The van der Waals surface area contributed by atoms with Gasteiger partial charge in [0.25, 0.3) is 0 Å². The van der Waals surface area contributed by atoms with Gasteiger partial charge in [0.1, 0.15) is 0 Å². The van der Waals surface area contributed by atoms with Crippen LogP contribution in [-0.4, -0.2) is 49.8 Å². The van der Waals surface area contributed by atoms with Gasteiger partial charge >= 0.3 is 0 Å². The molecule has 1 saturated heterocycles. The van der Waals surface area contributed by atoms with Crippen molar-refractivity contribution in [2.75, 3.05) is 37.7 Å². The molecule has 0 spiro atoms. The van der Waals surface area contributed by atoms with E-state index in [2.05, 4.69) is 17.6 Å². The van der Waals surface area contributed by atoms with Crippen LogP contribution < -0.4 is 10.6 Å². The van der Waals surface area contributed by atoms with E-state index in [1.807, 2.05) is 0 Å². The lowest BCUT2D eigenvalue weighted by Gasteiger charge is -2.21. The van der Waals surface area contributed by atoms with Crippen LogP contribution in [0.5, 0.6) is 0 Å². The van der Waals surface area contributed by atoms with E-state index in [4.69, 9.17) is 4.74 Å². The molecule has 0 aromatic rings. The molecule has 0 bridgehead atoms. The van der Waals surface area contributed by atoms with E-state index in [-0.39, 0.29) is 5.91 Å². The van der Waals surface area contributed by atoms with E-state index in [1.54, 1.807) is 11.8 Å². The van der Waals surface area contributed by atoms with Gasteiger partial charge in [-0.2, -0.15) is 0 Å². The van der Waals surface area contributed by atoms with E-state index < -0.39 is 0 Å². The molecule has 1 unspecified atom stereocenters. The van der Waals surface area contributed by atoms with Crippen molar-refractivity contribution < 1.29 is 9.53 Å². The standard InChI is InChI=1S/C12H24N2O2S/c1-2-13-6-7-14-12(15)10-17-9-11-5-3-4-8-16-11/h11,13H,2-10H2,1H3,(H,14,15). The SMILES string of the molecule is CCNCCNC(=O)CSCC1CCCCO1. The lowest BCUT2D eigenvalue weighted by Crippen LogP contribution is -2.33. The van der Waals surface area contributed by atoms with Crippen molar-refractivity contribution in [2.45, 2.75) is 32.3 Å². The maximum atomic E-state index is 11.4. The first-order valence-corrected chi connectivity index (χ1v) is 7.65. The Morgan fingerprint density at radius 1 is 1.41 bits per heavy atom. The molecule has 0 aromatic carbocycles. The van der Waals surface area contributed by atoms with Crippen LogP contribution in [0.1, 0.15) is 26.2 Å². The number of carbonyl (C=O) groups excluding carboxylic acids is 1. The maximum absolute atomic E-state index is 11.4. The Hall–Kier alpha value is -0.260. The number of carbonyl (C=O) groups is 1. The van der Waals surface area contributed by atoms with Crippen molar-refractivity contribution in [3.8, 4) is 0 Å². The van der Waals surface area contributed by atoms with E-state index in [0.29, 0.717) is 18.4 Å². The Kier molecular flexibility index (Phi) is 8.48. The van der Waals surface area contributed by atoms with Gasteiger partial charge in [-0.3, -0.25) is 4.79 Å². The van der Waals surface area contributed by atoms with Gasteiger partial charge in [0.05, 0.1) is 11.9 Å². The number of thioether (sulfide) groups is 1. The number of rotatable bonds is 8. The summed E-state index contributed by atoms with van der Waals surface area (Å²) in [6.07, 6.45) is 3.96. The Morgan fingerprint density at radius 3 is 3.00 bits per heavy atom. The smallest absolute Gasteiger partial charge is 0.230 e. The highest BCUT2D eigenvalue weighted by atomic mass is 32.2. The zero-order valence-electron chi connectivity index (χ0n) is 10.7. The third kappa shape index (κ3) is 7.63. The number of hydrogen-bond acceptors (Lipinski definition) is 4. The van der Waals surface area contributed by atoms with Gasteiger partial charge in [0, 0.05) is 25.4 Å². The summed E-state index contributed by atoms with van der Waals surface area (Å²) in [5.41, 5.74) is 0. The molecule has 1 aliphatic rings. The molecule has 100 valence electrons. The third-order valence-corrected chi connectivity index (χ3v) is 3.76. The molecule has 4 nitrogen and oxygen atoms in total. The number of likely N-dealkylation sites (N-methyl/N-ethyl adjacent to an activating group) is 1. The van der Waals surface area contributed by atoms with Crippen molar-refractivity contribution in [1.82, 2.24) is 10.6 Å². The first kappa shape index (κ1) is 14.8. The minimum absolute atomic E-state index is 0.128. The summed E-state index contributed by atoms with van der Waals surface area (Å²) >= 11 is 1.67. The van der Waals surface area contributed by atoms with Crippen molar-refractivity contribution in [1.29, 1.82) is 0 Å². The molecule has 1 atom stereocenters. The molecule has 1 rings (SSSR count). The molecule has 0 aliphatic carbocycles. The van der Waals surface area contributed by atoms with Crippen LogP contribution in [0.15, 0.2) is 0 Å². The second kappa shape index (κ2) is 9.74. The predicted octanol–water partition coefficient (Wildman–Crippen LogP) is 1.01. The number of nitrogens with one attached hydrogen (secondary N) is 2. The average Bonchev–Trinajstić information content (AvgIpc) is 2.36. The highest BCUT2D eigenvalue weighted by Crippen LogP contribution is 2.16. The van der Waals surface area contributed by atoms with Crippen molar-refractivity contribution in [3.05, 3.63) is 0 Å². The summed E-state index contributed by atoms with van der Waals surface area (Å²) in [4.78, 5) is 11.4. The molecule has 1 amide bonds. The molecule has 5 heteroatoms.